The van der Waals surface area contributed by atoms with Gasteiger partial charge in [0.1, 0.15) is 0 Å². The van der Waals surface area contributed by atoms with Crippen LogP contribution >= 0.6 is 0 Å². The van der Waals surface area contributed by atoms with E-state index in [1.165, 1.54) is 0 Å². The molecule has 5 heteroatoms. The lowest BCUT2D eigenvalue weighted by molar-refractivity contribution is -0.143. The molecule has 0 unspecified atom stereocenters. The second kappa shape index (κ2) is 8.10. The number of likely N-dealkylation sites (N-methyl/N-ethyl adjacent to an activating group) is 1. The molecule has 16 heavy (non-hydrogen) atoms. The summed E-state index contributed by atoms with van der Waals surface area (Å²) in [7, 11) is 1.80. The minimum atomic E-state index is -0.224. The van der Waals surface area contributed by atoms with Gasteiger partial charge in [-0.05, 0) is 27.8 Å². The van der Waals surface area contributed by atoms with E-state index in [4.69, 9.17) is 4.74 Å². The van der Waals surface area contributed by atoms with E-state index in [2.05, 4.69) is 5.32 Å². The molecule has 94 valence electrons. The Balaban J connectivity index is 3.69. The molecule has 0 saturated carbocycles. The standard InChI is InChI=1S/C11H22N2O3/c1-5-16-11(15)6-7-13(4)8-10(14)12-9(2)3/h9H,5-8H2,1-4H3,(H,12,14). The topological polar surface area (TPSA) is 58.6 Å². The third kappa shape index (κ3) is 8.23. The molecule has 0 spiro atoms. The van der Waals surface area contributed by atoms with Gasteiger partial charge in [0.2, 0.25) is 5.91 Å². The van der Waals surface area contributed by atoms with Crippen LogP contribution in [0.15, 0.2) is 0 Å². The number of carbonyl (C=O) groups is 2. The lowest BCUT2D eigenvalue weighted by atomic mass is 10.3. The molecule has 0 radical (unpaired) electrons. The fraction of sp³-hybridized carbons (Fsp3) is 0.818. The molecule has 0 heterocycles. The van der Waals surface area contributed by atoms with Gasteiger partial charge in [-0.3, -0.25) is 14.5 Å². The van der Waals surface area contributed by atoms with E-state index in [-0.39, 0.29) is 17.9 Å². The summed E-state index contributed by atoms with van der Waals surface area (Å²) < 4.78 is 4.80. The number of ether oxygens (including phenoxy) is 1. The first-order valence-corrected chi connectivity index (χ1v) is 5.59. The molecule has 0 fully saturated rings. The molecule has 0 rings (SSSR count). The monoisotopic (exact) mass is 230 g/mol. The minimum Gasteiger partial charge on any atom is -0.466 e. The normalized spacial score (nSPS) is 10.6. The Hall–Kier alpha value is -1.10. The highest BCUT2D eigenvalue weighted by atomic mass is 16.5. The summed E-state index contributed by atoms with van der Waals surface area (Å²) in [4.78, 5) is 24.2. The summed E-state index contributed by atoms with van der Waals surface area (Å²) in [5.74, 6) is -0.250. The van der Waals surface area contributed by atoms with Crippen molar-refractivity contribution < 1.29 is 14.3 Å². The molecular formula is C11H22N2O3. The number of hydrogen-bond acceptors (Lipinski definition) is 4. The zero-order chi connectivity index (χ0) is 12.6. The van der Waals surface area contributed by atoms with Crippen LogP contribution in [0.3, 0.4) is 0 Å². The van der Waals surface area contributed by atoms with Crippen molar-refractivity contribution in [3.63, 3.8) is 0 Å². The second-order valence-corrected chi connectivity index (χ2v) is 4.02. The summed E-state index contributed by atoms with van der Waals surface area (Å²) in [6.45, 7) is 6.84. The highest BCUT2D eigenvalue weighted by molar-refractivity contribution is 5.78. The highest BCUT2D eigenvalue weighted by Crippen LogP contribution is 1.91. The number of carbonyl (C=O) groups excluding carboxylic acids is 2. The summed E-state index contributed by atoms with van der Waals surface area (Å²) in [5, 5.41) is 2.79. The van der Waals surface area contributed by atoms with Gasteiger partial charge >= 0.3 is 5.97 Å². The van der Waals surface area contributed by atoms with Crippen LogP contribution in [-0.2, 0) is 14.3 Å². The summed E-state index contributed by atoms with van der Waals surface area (Å²) in [6, 6.07) is 0.144. The van der Waals surface area contributed by atoms with Crippen molar-refractivity contribution in [2.24, 2.45) is 0 Å². The lowest BCUT2D eigenvalue weighted by Crippen LogP contribution is -2.39. The van der Waals surface area contributed by atoms with Gasteiger partial charge in [-0.1, -0.05) is 0 Å². The Kier molecular flexibility index (Phi) is 7.54. The van der Waals surface area contributed by atoms with Crippen LogP contribution in [0.1, 0.15) is 27.2 Å². The van der Waals surface area contributed by atoms with Crippen LogP contribution in [-0.4, -0.2) is 49.6 Å². The molecule has 1 amide bonds. The van der Waals surface area contributed by atoms with Crippen LogP contribution in [0.2, 0.25) is 0 Å². The van der Waals surface area contributed by atoms with E-state index < -0.39 is 0 Å². The average molecular weight is 230 g/mol. The van der Waals surface area contributed by atoms with Gasteiger partial charge < -0.3 is 10.1 Å². The van der Waals surface area contributed by atoms with Crippen LogP contribution in [0.5, 0.6) is 0 Å². The molecule has 0 atom stereocenters. The predicted octanol–water partition coefficient (Wildman–Crippen LogP) is 0.396. The van der Waals surface area contributed by atoms with Crippen molar-refractivity contribution in [2.45, 2.75) is 33.2 Å². The Morgan fingerprint density at radius 3 is 2.50 bits per heavy atom. The third-order valence-electron chi connectivity index (χ3n) is 1.87. The van der Waals surface area contributed by atoms with Gasteiger partial charge in [-0.15, -0.1) is 0 Å². The van der Waals surface area contributed by atoms with E-state index >= 15 is 0 Å². The molecule has 0 aliphatic carbocycles. The number of amides is 1. The van der Waals surface area contributed by atoms with E-state index in [0.717, 1.165) is 0 Å². The maximum Gasteiger partial charge on any atom is 0.307 e. The number of esters is 1. The number of hydrogen-bond donors (Lipinski definition) is 1. The Bertz CT molecular complexity index is 229. The largest absolute Gasteiger partial charge is 0.466 e. The van der Waals surface area contributed by atoms with Crippen LogP contribution in [0.4, 0.5) is 0 Å². The first-order valence-electron chi connectivity index (χ1n) is 5.59. The first kappa shape index (κ1) is 14.9. The quantitative estimate of drug-likeness (QED) is 0.643. The smallest absolute Gasteiger partial charge is 0.307 e. The minimum absolute atomic E-state index is 0.0265. The summed E-state index contributed by atoms with van der Waals surface area (Å²) in [5.41, 5.74) is 0. The van der Waals surface area contributed by atoms with Crippen molar-refractivity contribution in [1.29, 1.82) is 0 Å². The molecule has 0 aromatic carbocycles. The zero-order valence-corrected chi connectivity index (χ0v) is 10.6. The first-order chi connectivity index (χ1) is 7.45. The van der Waals surface area contributed by atoms with Gasteiger partial charge in [0, 0.05) is 12.6 Å². The van der Waals surface area contributed by atoms with Crippen LogP contribution in [0.25, 0.3) is 0 Å². The van der Waals surface area contributed by atoms with Crippen LogP contribution in [0, 0.1) is 0 Å². The SMILES string of the molecule is CCOC(=O)CCN(C)CC(=O)NC(C)C. The van der Waals surface area contributed by atoms with Gasteiger partial charge in [0.15, 0.2) is 0 Å². The Labute approximate surface area is 97.1 Å². The van der Waals surface area contributed by atoms with Gasteiger partial charge in [0.05, 0.1) is 19.6 Å². The molecule has 0 aliphatic rings. The van der Waals surface area contributed by atoms with Crippen molar-refractivity contribution >= 4 is 11.9 Å². The second-order valence-electron chi connectivity index (χ2n) is 4.02. The Morgan fingerprint density at radius 1 is 1.38 bits per heavy atom. The molecular weight excluding hydrogens is 208 g/mol. The van der Waals surface area contributed by atoms with Crippen molar-refractivity contribution in [2.75, 3.05) is 26.7 Å². The van der Waals surface area contributed by atoms with Gasteiger partial charge in [-0.25, -0.2) is 0 Å². The third-order valence-corrected chi connectivity index (χ3v) is 1.87. The maximum absolute atomic E-state index is 11.4. The summed E-state index contributed by atoms with van der Waals surface area (Å²) >= 11 is 0. The summed E-state index contributed by atoms with van der Waals surface area (Å²) in [6.07, 6.45) is 0.319. The van der Waals surface area contributed by atoms with Gasteiger partial charge in [-0.2, -0.15) is 0 Å². The van der Waals surface area contributed by atoms with Gasteiger partial charge in [0.25, 0.3) is 0 Å². The van der Waals surface area contributed by atoms with E-state index in [9.17, 15) is 9.59 Å². The van der Waals surface area contributed by atoms with E-state index in [0.29, 0.717) is 26.1 Å². The van der Waals surface area contributed by atoms with Crippen LogP contribution < -0.4 is 5.32 Å². The molecule has 1 N–H and O–H groups in total. The Morgan fingerprint density at radius 2 is 2.00 bits per heavy atom. The lowest BCUT2D eigenvalue weighted by Gasteiger charge is -2.16. The predicted molar refractivity (Wildman–Crippen MR) is 62.0 cm³/mol. The van der Waals surface area contributed by atoms with Crippen molar-refractivity contribution in [3.8, 4) is 0 Å². The molecule has 0 aromatic rings. The zero-order valence-electron chi connectivity index (χ0n) is 10.6. The molecule has 0 bridgehead atoms. The molecule has 5 nitrogen and oxygen atoms in total. The average Bonchev–Trinajstić information content (AvgIpc) is 2.13. The fourth-order valence-electron chi connectivity index (χ4n) is 1.21. The molecule has 0 saturated heterocycles. The highest BCUT2D eigenvalue weighted by Gasteiger charge is 2.09. The maximum atomic E-state index is 11.4. The number of rotatable bonds is 7. The van der Waals surface area contributed by atoms with E-state index in [1.54, 1.807) is 18.9 Å². The fourth-order valence-corrected chi connectivity index (χ4v) is 1.21. The van der Waals surface area contributed by atoms with Crippen molar-refractivity contribution in [1.82, 2.24) is 10.2 Å². The molecule has 0 aliphatic heterocycles. The van der Waals surface area contributed by atoms with Crippen molar-refractivity contribution in [3.05, 3.63) is 0 Å². The molecule has 0 aromatic heterocycles. The van der Waals surface area contributed by atoms with E-state index in [1.807, 2.05) is 13.8 Å². The number of nitrogens with one attached hydrogen (secondary N) is 1. The number of nitrogens with zero attached hydrogens (tertiary/aromatic N) is 1.